The van der Waals surface area contributed by atoms with E-state index in [2.05, 4.69) is 9.97 Å². The number of aromatic nitrogens is 2. The first-order valence-corrected chi connectivity index (χ1v) is 7.45. The van der Waals surface area contributed by atoms with Gasteiger partial charge in [-0.1, -0.05) is 11.8 Å². The SMILES string of the molecule is Cc1nc(SCC=O)c2c3c(sc2n1)CCC3. The van der Waals surface area contributed by atoms with Crippen molar-refractivity contribution in [3.63, 3.8) is 0 Å². The average Bonchev–Trinajstić information content (AvgIpc) is 2.84. The molecule has 2 aromatic heterocycles. The summed E-state index contributed by atoms with van der Waals surface area (Å²) in [5.41, 5.74) is 1.43. The molecule has 2 heterocycles. The van der Waals surface area contributed by atoms with Crippen molar-refractivity contribution in [2.24, 2.45) is 0 Å². The number of carbonyl (C=O) groups is 1. The molecule has 17 heavy (non-hydrogen) atoms. The van der Waals surface area contributed by atoms with Crippen LogP contribution in [0, 0.1) is 6.92 Å². The molecule has 0 saturated carbocycles. The number of hydrogen-bond acceptors (Lipinski definition) is 5. The summed E-state index contributed by atoms with van der Waals surface area (Å²) in [7, 11) is 0. The van der Waals surface area contributed by atoms with Gasteiger partial charge in [0, 0.05) is 10.3 Å². The van der Waals surface area contributed by atoms with Crippen LogP contribution in [0.3, 0.4) is 0 Å². The Labute approximate surface area is 108 Å². The minimum absolute atomic E-state index is 0.468. The monoisotopic (exact) mass is 264 g/mol. The largest absolute Gasteiger partial charge is 0.302 e. The van der Waals surface area contributed by atoms with Gasteiger partial charge < -0.3 is 4.79 Å². The maximum Gasteiger partial charge on any atom is 0.130 e. The van der Waals surface area contributed by atoms with Crippen LogP contribution in [-0.4, -0.2) is 22.0 Å². The normalized spacial score (nSPS) is 14.2. The fourth-order valence-corrected chi connectivity index (χ4v) is 4.44. The van der Waals surface area contributed by atoms with Crippen molar-refractivity contribution >= 4 is 39.6 Å². The molecule has 1 aliphatic carbocycles. The number of nitrogens with zero attached hydrogens (tertiary/aromatic N) is 2. The summed E-state index contributed by atoms with van der Waals surface area (Å²) < 4.78 is 0. The van der Waals surface area contributed by atoms with Crippen molar-refractivity contribution in [2.45, 2.75) is 31.2 Å². The molecule has 0 N–H and O–H groups in total. The molecule has 2 aromatic rings. The minimum atomic E-state index is 0.468. The molecule has 0 saturated heterocycles. The van der Waals surface area contributed by atoms with Gasteiger partial charge in [-0.2, -0.15) is 0 Å². The van der Waals surface area contributed by atoms with E-state index < -0.39 is 0 Å². The lowest BCUT2D eigenvalue weighted by Crippen LogP contribution is -1.93. The van der Waals surface area contributed by atoms with Crippen LogP contribution in [0.2, 0.25) is 0 Å². The Morgan fingerprint density at radius 2 is 2.29 bits per heavy atom. The van der Waals surface area contributed by atoms with Gasteiger partial charge >= 0.3 is 0 Å². The van der Waals surface area contributed by atoms with E-state index in [1.54, 1.807) is 11.3 Å². The zero-order chi connectivity index (χ0) is 11.8. The highest BCUT2D eigenvalue weighted by Gasteiger charge is 2.21. The topological polar surface area (TPSA) is 42.9 Å². The fraction of sp³-hybridized carbons (Fsp3) is 0.417. The number of thiophene rings is 1. The van der Waals surface area contributed by atoms with E-state index >= 15 is 0 Å². The summed E-state index contributed by atoms with van der Waals surface area (Å²) in [5.74, 6) is 1.27. The van der Waals surface area contributed by atoms with Gasteiger partial charge in [-0.25, -0.2) is 9.97 Å². The van der Waals surface area contributed by atoms with Crippen LogP contribution in [-0.2, 0) is 17.6 Å². The van der Waals surface area contributed by atoms with E-state index in [1.807, 2.05) is 6.92 Å². The van der Waals surface area contributed by atoms with E-state index in [4.69, 9.17) is 0 Å². The highest BCUT2D eigenvalue weighted by molar-refractivity contribution is 8.00. The first-order chi connectivity index (χ1) is 8.29. The summed E-state index contributed by atoms with van der Waals surface area (Å²) in [6.45, 7) is 1.91. The lowest BCUT2D eigenvalue weighted by atomic mass is 10.2. The Balaban J connectivity index is 2.20. The molecule has 1 aliphatic rings. The van der Waals surface area contributed by atoms with Gasteiger partial charge in [0.2, 0.25) is 0 Å². The van der Waals surface area contributed by atoms with Crippen LogP contribution in [0.25, 0.3) is 10.2 Å². The van der Waals surface area contributed by atoms with Crippen LogP contribution in [0.15, 0.2) is 5.03 Å². The number of hydrogen-bond donors (Lipinski definition) is 0. The Morgan fingerprint density at radius 3 is 3.12 bits per heavy atom. The van der Waals surface area contributed by atoms with Crippen molar-refractivity contribution < 1.29 is 4.79 Å². The molecule has 0 unspecified atom stereocenters. The second-order valence-electron chi connectivity index (χ2n) is 4.09. The lowest BCUT2D eigenvalue weighted by molar-refractivity contribution is -0.105. The third-order valence-electron chi connectivity index (χ3n) is 2.93. The predicted molar refractivity (Wildman–Crippen MR) is 71.0 cm³/mol. The van der Waals surface area contributed by atoms with Crippen molar-refractivity contribution in [3.05, 3.63) is 16.3 Å². The van der Waals surface area contributed by atoms with Crippen LogP contribution >= 0.6 is 23.1 Å². The van der Waals surface area contributed by atoms with Crippen molar-refractivity contribution in [1.29, 1.82) is 0 Å². The first kappa shape index (κ1) is 11.2. The van der Waals surface area contributed by atoms with Gasteiger partial charge in [0.15, 0.2) is 0 Å². The molecule has 0 aliphatic heterocycles. The average molecular weight is 264 g/mol. The number of aryl methyl sites for hydroxylation is 3. The third-order valence-corrected chi connectivity index (χ3v) is 4.99. The quantitative estimate of drug-likeness (QED) is 0.486. The van der Waals surface area contributed by atoms with Crippen LogP contribution in [0.5, 0.6) is 0 Å². The van der Waals surface area contributed by atoms with E-state index in [9.17, 15) is 4.79 Å². The van der Waals surface area contributed by atoms with E-state index in [0.29, 0.717) is 5.75 Å². The van der Waals surface area contributed by atoms with Gasteiger partial charge in [-0.3, -0.25) is 0 Å². The van der Waals surface area contributed by atoms with Crippen molar-refractivity contribution in [1.82, 2.24) is 9.97 Å². The molecule has 88 valence electrons. The third kappa shape index (κ3) is 1.87. The molecular weight excluding hydrogens is 252 g/mol. The number of rotatable bonds is 3. The van der Waals surface area contributed by atoms with Gasteiger partial charge in [0.25, 0.3) is 0 Å². The van der Waals surface area contributed by atoms with Crippen LogP contribution < -0.4 is 0 Å². The number of thioether (sulfide) groups is 1. The van der Waals surface area contributed by atoms with Gasteiger partial charge in [0.1, 0.15) is 22.0 Å². The molecular formula is C12H12N2OS2. The number of carbonyl (C=O) groups excluding carboxylic acids is 1. The van der Waals surface area contributed by atoms with Crippen LogP contribution in [0.4, 0.5) is 0 Å². The fourth-order valence-electron chi connectivity index (χ4n) is 2.28. The highest BCUT2D eigenvalue weighted by atomic mass is 32.2. The maximum absolute atomic E-state index is 10.5. The summed E-state index contributed by atoms with van der Waals surface area (Å²) >= 11 is 3.32. The Morgan fingerprint density at radius 1 is 1.41 bits per heavy atom. The van der Waals surface area contributed by atoms with Gasteiger partial charge in [0.05, 0.1) is 5.75 Å². The molecule has 0 amide bonds. The van der Waals surface area contributed by atoms with Crippen LogP contribution in [0.1, 0.15) is 22.7 Å². The number of fused-ring (bicyclic) bond motifs is 3. The summed E-state index contributed by atoms with van der Waals surface area (Å²) in [6.07, 6.45) is 4.48. The summed E-state index contributed by atoms with van der Waals surface area (Å²) in [4.78, 5) is 22.1. The zero-order valence-corrected chi connectivity index (χ0v) is 11.2. The second-order valence-corrected chi connectivity index (χ2v) is 6.18. The zero-order valence-electron chi connectivity index (χ0n) is 9.52. The molecule has 0 aromatic carbocycles. The molecule has 3 rings (SSSR count). The van der Waals surface area contributed by atoms with E-state index in [-0.39, 0.29) is 0 Å². The summed E-state index contributed by atoms with van der Waals surface area (Å²) in [5, 5.41) is 2.19. The summed E-state index contributed by atoms with van der Waals surface area (Å²) in [6, 6.07) is 0. The molecule has 0 radical (unpaired) electrons. The molecule has 0 bridgehead atoms. The molecule has 3 nitrogen and oxygen atoms in total. The molecule has 5 heteroatoms. The predicted octanol–water partition coefficient (Wildman–Crippen LogP) is 2.78. The van der Waals surface area contributed by atoms with Crippen molar-refractivity contribution in [3.8, 4) is 0 Å². The smallest absolute Gasteiger partial charge is 0.130 e. The lowest BCUT2D eigenvalue weighted by Gasteiger charge is -2.03. The first-order valence-electron chi connectivity index (χ1n) is 5.65. The highest BCUT2D eigenvalue weighted by Crippen LogP contribution is 2.40. The molecule has 0 fully saturated rings. The second kappa shape index (κ2) is 4.38. The van der Waals surface area contributed by atoms with E-state index in [0.717, 1.165) is 28.4 Å². The van der Waals surface area contributed by atoms with Crippen molar-refractivity contribution in [2.75, 3.05) is 5.75 Å². The van der Waals surface area contributed by atoms with Gasteiger partial charge in [-0.15, -0.1) is 11.3 Å². The van der Waals surface area contributed by atoms with Gasteiger partial charge in [-0.05, 0) is 31.7 Å². The Kier molecular flexibility index (Phi) is 2.88. The standard InChI is InChI=1S/C12H12N2OS2/c1-7-13-11(16-6-5-15)10-8-3-2-4-9(8)17-12(10)14-7/h5H,2-4,6H2,1H3. The van der Waals surface area contributed by atoms with E-state index in [1.165, 1.54) is 40.4 Å². The molecule has 0 atom stereocenters. The maximum atomic E-state index is 10.5. The Bertz CT molecular complexity index is 592. The molecule has 0 spiro atoms. The Hall–Kier alpha value is -0.940. The number of aldehydes is 1. The minimum Gasteiger partial charge on any atom is -0.302 e.